The van der Waals surface area contributed by atoms with E-state index >= 15 is 0 Å². The van der Waals surface area contributed by atoms with E-state index in [0.29, 0.717) is 23.1 Å². The molecule has 0 saturated carbocycles. The topological polar surface area (TPSA) is 73.2 Å². The molecule has 0 bridgehead atoms. The number of rotatable bonds is 2. The quantitative estimate of drug-likeness (QED) is 0.842. The minimum atomic E-state index is -0.563. The molecule has 0 fully saturated rings. The normalized spacial score (nSPS) is 11.3. The van der Waals surface area contributed by atoms with Crippen LogP contribution in [0.25, 0.3) is 11.0 Å². The van der Waals surface area contributed by atoms with Crippen molar-refractivity contribution in [2.75, 3.05) is 5.32 Å². The van der Waals surface area contributed by atoms with Gasteiger partial charge in [-0.15, -0.1) is 0 Å². The number of carbonyl (C=O) groups excluding carboxylic acids is 2. The molecule has 1 aromatic carbocycles. The van der Waals surface area contributed by atoms with E-state index in [9.17, 15) is 9.59 Å². The van der Waals surface area contributed by atoms with Crippen LogP contribution in [0.2, 0.25) is 0 Å². The van der Waals surface area contributed by atoms with Gasteiger partial charge in [0.05, 0.1) is 11.0 Å². The van der Waals surface area contributed by atoms with E-state index in [4.69, 9.17) is 4.74 Å². The number of hydrogen-bond acceptors (Lipinski definition) is 4. The van der Waals surface area contributed by atoms with Gasteiger partial charge in [0.2, 0.25) is 6.41 Å². The fourth-order valence-corrected chi connectivity index (χ4v) is 1.63. The summed E-state index contributed by atoms with van der Waals surface area (Å²) in [6.45, 7) is 5.41. The Morgan fingerprint density at radius 3 is 2.79 bits per heavy atom. The average Bonchev–Trinajstić information content (AvgIpc) is 2.70. The fourth-order valence-electron chi connectivity index (χ4n) is 1.63. The Balaban J connectivity index is 2.35. The third kappa shape index (κ3) is 2.90. The van der Waals surface area contributed by atoms with E-state index in [0.717, 1.165) is 0 Å². The lowest BCUT2D eigenvalue weighted by Crippen LogP contribution is -2.26. The zero-order valence-electron chi connectivity index (χ0n) is 11.0. The van der Waals surface area contributed by atoms with Crippen molar-refractivity contribution in [1.29, 1.82) is 0 Å². The molecule has 100 valence electrons. The summed E-state index contributed by atoms with van der Waals surface area (Å²) >= 11 is 0. The van der Waals surface area contributed by atoms with Gasteiger partial charge >= 0.3 is 6.09 Å². The maximum absolute atomic E-state index is 12.0. The van der Waals surface area contributed by atoms with E-state index in [-0.39, 0.29) is 0 Å². The highest BCUT2D eigenvalue weighted by atomic mass is 16.6. The largest absolute Gasteiger partial charge is 0.443 e. The minimum absolute atomic E-state index is 0.480. The lowest BCUT2D eigenvalue weighted by molar-refractivity contribution is -0.105. The molecule has 2 aromatic rings. The van der Waals surface area contributed by atoms with E-state index in [1.54, 1.807) is 39.0 Å². The summed E-state index contributed by atoms with van der Waals surface area (Å²) in [7, 11) is 0. The van der Waals surface area contributed by atoms with Crippen molar-refractivity contribution in [1.82, 2.24) is 9.55 Å². The van der Waals surface area contributed by atoms with E-state index in [2.05, 4.69) is 10.3 Å². The Morgan fingerprint density at radius 2 is 2.16 bits per heavy atom. The first-order valence-electron chi connectivity index (χ1n) is 5.81. The predicted octanol–water partition coefficient (Wildman–Crippen LogP) is 2.39. The van der Waals surface area contributed by atoms with Crippen molar-refractivity contribution in [3.8, 4) is 0 Å². The Labute approximate surface area is 110 Å². The Morgan fingerprint density at radius 1 is 1.42 bits per heavy atom. The minimum Gasteiger partial charge on any atom is -0.443 e. The monoisotopic (exact) mass is 261 g/mol. The van der Waals surface area contributed by atoms with Crippen LogP contribution in [-0.4, -0.2) is 27.7 Å². The van der Waals surface area contributed by atoms with Crippen LogP contribution in [0.15, 0.2) is 24.5 Å². The number of imidazole rings is 1. The molecule has 0 aliphatic carbocycles. The number of ether oxygens (including phenoxy) is 1. The molecule has 1 amide bonds. The summed E-state index contributed by atoms with van der Waals surface area (Å²) < 4.78 is 6.62. The zero-order valence-corrected chi connectivity index (χ0v) is 11.0. The van der Waals surface area contributed by atoms with Gasteiger partial charge < -0.3 is 10.1 Å². The van der Waals surface area contributed by atoms with Gasteiger partial charge in [-0.25, -0.2) is 14.3 Å². The molecule has 0 atom stereocenters. The standard InChI is InChI=1S/C13H15N3O3/c1-13(2,3)19-12(18)16-7-14-10-6-9(15-8-17)4-5-11(10)16/h4-8H,1-3H3,(H,15,17). The van der Waals surface area contributed by atoms with Crippen LogP contribution in [0.1, 0.15) is 20.8 Å². The Hall–Kier alpha value is -2.37. The summed E-state index contributed by atoms with van der Waals surface area (Å²) in [4.78, 5) is 26.5. The van der Waals surface area contributed by atoms with Crippen LogP contribution in [0, 0.1) is 0 Å². The highest BCUT2D eigenvalue weighted by molar-refractivity contribution is 5.89. The van der Waals surface area contributed by atoms with Crippen molar-refractivity contribution < 1.29 is 14.3 Å². The highest BCUT2D eigenvalue weighted by Crippen LogP contribution is 2.19. The SMILES string of the molecule is CC(C)(C)OC(=O)n1cnc2cc(NC=O)ccc21. The lowest BCUT2D eigenvalue weighted by atomic mass is 10.2. The number of fused-ring (bicyclic) bond motifs is 1. The molecule has 1 N–H and O–H groups in total. The second-order valence-corrected chi connectivity index (χ2v) is 5.06. The lowest BCUT2D eigenvalue weighted by Gasteiger charge is -2.19. The molecule has 0 aliphatic heterocycles. The van der Waals surface area contributed by atoms with Crippen LogP contribution in [0.3, 0.4) is 0 Å². The Bertz CT molecular complexity index is 626. The molecule has 0 saturated heterocycles. The van der Waals surface area contributed by atoms with Gasteiger partial charge in [0.25, 0.3) is 0 Å². The fraction of sp³-hybridized carbons (Fsp3) is 0.308. The molecule has 0 aliphatic rings. The van der Waals surface area contributed by atoms with E-state index in [1.807, 2.05) is 0 Å². The second kappa shape index (κ2) is 4.72. The van der Waals surface area contributed by atoms with Gasteiger partial charge in [-0.05, 0) is 39.0 Å². The molecule has 0 unspecified atom stereocenters. The van der Waals surface area contributed by atoms with E-state index in [1.165, 1.54) is 10.9 Å². The van der Waals surface area contributed by atoms with Crippen molar-refractivity contribution in [3.63, 3.8) is 0 Å². The van der Waals surface area contributed by atoms with Crippen molar-refractivity contribution in [2.45, 2.75) is 26.4 Å². The first kappa shape index (κ1) is 13.1. The van der Waals surface area contributed by atoms with Gasteiger partial charge in [-0.1, -0.05) is 0 Å². The summed E-state index contributed by atoms with van der Waals surface area (Å²) in [5.74, 6) is 0. The molecule has 6 nitrogen and oxygen atoms in total. The molecule has 2 rings (SSSR count). The van der Waals surface area contributed by atoms with Gasteiger partial charge in [-0.3, -0.25) is 4.79 Å². The second-order valence-electron chi connectivity index (χ2n) is 5.06. The number of nitrogens with zero attached hydrogens (tertiary/aromatic N) is 2. The van der Waals surface area contributed by atoms with Gasteiger partial charge in [0.15, 0.2) is 0 Å². The molecule has 0 radical (unpaired) electrons. The first-order valence-corrected chi connectivity index (χ1v) is 5.81. The molecular formula is C13H15N3O3. The van der Waals surface area contributed by atoms with Crippen LogP contribution in [-0.2, 0) is 9.53 Å². The maximum atomic E-state index is 12.0. The van der Waals surface area contributed by atoms with Crippen LogP contribution in [0.5, 0.6) is 0 Å². The third-order valence-electron chi connectivity index (χ3n) is 2.36. The number of amides is 1. The van der Waals surface area contributed by atoms with Gasteiger partial charge in [-0.2, -0.15) is 0 Å². The number of carbonyl (C=O) groups is 2. The predicted molar refractivity (Wildman–Crippen MR) is 71.1 cm³/mol. The number of benzene rings is 1. The van der Waals surface area contributed by atoms with Crippen LogP contribution < -0.4 is 5.32 Å². The third-order valence-corrected chi connectivity index (χ3v) is 2.36. The van der Waals surface area contributed by atoms with Crippen molar-refractivity contribution in [3.05, 3.63) is 24.5 Å². The average molecular weight is 261 g/mol. The van der Waals surface area contributed by atoms with Crippen molar-refractivity contribution in [2.24, 2.45) is 0 Å². The molecule has 19 heavy (non-hydrogen) atoms. The van der Waals surface area contributed by atoms with Crippen molar-refractivity contribution >= 4 is 29.2 Å². The van der Waals surface area contributed by atoms with Crippen LogP contribution in [0.4, 0.5) is 10.5 Å². The zero-order chi connectivity index (χ0) is 14.0. The number of anilines is 1. The molecular weight excluding hydrogens is 246 g/mol. The van der Waals surface area contributed by atoms with E-state index < -0.39 is 11.7 Å². The summed E-state index contributed by atoms with van der Waals surface area (Å²) in [5, 5.41) is 2.53. The smallest absolute Gasteiger partial charge is 0.420 e. The number of nitrogens with one attached hydrogen (secondary N) is 1. The maximum Gasteiger partial charge on any atom is 0.420 e. The highest BCUT2D eigenvalue weighted by Gasteiger charge is 2.19. The molecule has 6 heteroatoms. The molecule has 1 heterocycles. The molecule has 0 spiro atoms. The summed E-state index contributed by atoms with van der Waals surface area (Å²) in [6, 6.07) is 5.09. The van der Waals surface area contributed by atoms with Crippen LogP contribution >= 0.6 is 0 Å². The summed E-state index contributed by atoms with van der Waals surface area (Å²) in [6.07, 6.45) is 1.52. The van der Waals surface area contributed by atoms with Gasteiger partial charge in [0.1, 0.15) is 11.9 Å². The number of hydrogen-bond donors (Lipinski definition) is 1. The summed E-state index contributed by atoms with van der Waals surface area (Å²) in [5.41, 5.74) is 1.30. The first-order chi connectivity index (χ1) is 8.90. The molecule has 1 aromatic heterocycles. The number of aromatic nitrogens is 2. The van der Waals surface area contributed by atoms with Gasteiger partial charge in [0, 0.05) is 5.69 Å². The Kier molecular flexibility index (Phi) is 3.25.